The first kappa shape index (κ1) is 26.6. The molecular formula is C30H29Cl2N5O3. The van der Waals surface area contributed by atoms with Gasteiger partial charge in [-0.15, -0.1) is 5.10 Å². The van der Waals surface area contributed by atoms with Crippen LogP contribution in [0.5, 0.6) is 0 Å². The predicted octanol–water partition coefficient (Wildman–Crippen LogP) is 5.95. The largest absolute Gasteiger partial charge is 0.465 e. The number of hydrogen-bond acceptors (Lipinski definition) is 4. The number of carbonyl (C=O) groups excluding carboxylic acids is 1. The number of amides is 2. The highest BCUT2D eigenvalue weighted by molar-refractivity contribution is 6.31. The maximum absolute atomic E-state index is 14.0. The van der Waals surface area contributed by atoms with Gasteiger partial charge in [-0.3, -0.25) is 9.89 Å². The monoisotopic (exact) mass is 577 g/mol. The average molecular weight is 579 g/mol. The van der Waals surface area contributed by atoms with Crippen molar-refractivity contribution < 1.29 is 14.7 Å². The van der Waals surface area contributed by atoms with Crippen LogP contribution >= 0.6 is 23.2 Å². The number of carbonyl (C=O) groups is 2. The Balaban J connectivity index is 1.35. The van der Waals surface area contributed by atoms with Gasteiger partial charge in [-0.2, -0.15) is 0 Å². The van der Waals surface area contributed by atoms with Crippen LogP contribution in [0.3, 0.4) is 0 Å². The third-order valence-electron chi connectivity index (χ3n) is 8.54. The first-order valence-corrected chi connectivity index (χ1v) is 14.2. The van der Waals surface area contributed by atoms with Gasteiger partial charge in [0.05, 0.1) is 5.52 Å². The molecule has 6 rings (SSSR count). The van der Waals surface area contributed by atoms with Crippen molar-refractivity contribution in [3.8, 4) is 0 Å². The van der Waals surface area contributed by atoms with E-state index < -0.39 is 6.09 Å². The van der Waals surface area contributed by atoms with E-state index in [1.807, 2.05) is 59.5 Å². The number of benzene rings is 3. The Labute approximate surface area is 241 Å². The molecule has 1 aromatic heterocycles. The summed E-state index contributed by atoms with van der Waals surface area (Å²) in [5.74, 6) is 0.128. The van der Waals surface area contributed by atoms with Crippen molar-refractivity contribution >= 4 is 46.2 Å². The molecule has 40 heavy (non-hydrogen) atoms. The number of hydrogen-bond donors (Lipinski definition) is 2. The molecule has 2 aliphatic rings. The smallest absolute Gasteiger partial charge is 0.407 e. The van der Waals surface area contributed by atoms with Crippen molar-refractivity contribution in [2.75, 3.05) is 13.1 Å². The van der Waals surface area contributed by atoms with Crippen molar-refractivity contribution in [2.24, 2.45) is 11.8 Å². The maximum Gasteiger partial charge on any atom is 0.407 e. The molecule has 8 nitrogen and oxygen atoms in total. The molecule has 3 heterocycles. The Hall–Kier alpha value is -3.62. The van der Waals surface area contributed by atoms with Gasteiger partial charge in [0.1, 0.15) is 5.52 Å². The summed E-state index contributed by atoms with van der Waals surface area (Å²) in [5, 5.41) is 22.2. The molecule has 2 N–H and O–H groups in total. The highest BCUT2D eigenvalue weighted by atomic mass is 35.5. The van der Waals surface area contributed by atoms with Gasteiger partial charge in [-0.1, -0.05) is 64.8 Å². The molecule has 0 bridgehead atoms. The van der Waals surface area contributed by atoms with Crippen molar-refractivity contribution in [3.63, 3.8) is 0 Å². The van der Waals surface area contributed by atoms with E-state index in [1.54, 1.807) is 17.0 Å². The van der Waals surface area contributed by atoms with Crippen LogP contribution in [0.4, 0.5) is 4.79 Å². The lowest BCUT2D eigenvalue weighted by Gasteiger charge is -2.34. The first-order chi connectivity index (χ1) is 19.4. The third kappa shape index (κ3) is 5.13. The van der Waals surface area contributed by atoms with Gasteiger partial charge in [0.2, 0.25) is 0 Å². The minimum Gasteiger partial charge on any atom is -0.465 e. The highest BCUT2D eigenvalue weighted by Gasteiger charge is 2.47. The normalized spacial score (nSPS) is 22.8. The third-order valence-corrected chi connectivity index (χ3v) is 9.27. The number of nitrogens with zero attached hydrogens (tertiary/aromatic N) is 4. The number of halogens is 2. The minimum absolute atomic E-state index is 0.0654. The maximum atomic E-state index is 14.0. The predicted molar refractivity (Wildman–Crippen MR) is 154 cm³/mol. The molecule has 2 aliphatic heterocycles. The Kier molecular flexibility index (Phi) is 7.38. The van der Waals surface area contributed by atoms with Gasteiger partial charge in [-0.25, -0.2) is 4.79 Å². The Morgan fingerprint density at radius 3 is 2.35 bits per heavy atom. The number of fused-ring (bicyclic) bond motifs is 2. The molecule has 2 amide bonds. The zero-order valence-electron chi connectivity index (χ0n) is 21.7. The van der Waals surface area contributed by atoms with E-state index in [2.05, 4.69) is 15.4 Å². The molecule has 3 aromatic carbocycles. The summed E-state index contributed by atoms with van der Waals surface area (Å²) >= 11 is 13.1. The second-order valence-electron chi connectivity index (χ2n) is 10.7. The van der Waals surface area contributed by atoms with Crippen LogP contribution in [0.1, 0.15) is 34.3 Å². The summed E-state index contributed by atoms with van der Waals surface area (Å²) in [5.41, 5.74) is 3.86. The molecule has 0 spiro atoms. The zero-order chi connectivity index (χ0) is 27.8. The Morgan fingerprint density at radius 2 is 1.65 bits per heavy atom. The quantitative estimate of drug-likeness (QED) is 0.305. The molecule has 4 aromatic rings. The van der Waals surface area contributed by atoms with E-state index in [0.29, 0.717) is 59.9 Å². The number of H-pyrrole nitrogens is 1. The molecule has 4 atom stereocenters. The van der Waals surface area contributed by atoms with Gasteiger partial charge in [0, 0.05) is 40.8 Å². The van der Waals surface area contributed by atoms with E-state index in [4.69, 9.17) is 23.2 Å². The van der Waals surface area contributed by atoms with Crippen molar-refractivity contribution in [1.82, 2.24) is 25.2 Å². The van der Waals surface area contributed by atoms with Gasteiger partial charge in [-0.05, 0) is 79.0 Å². The zero-order valence-corrected chi connectivity index (χ0v) is 23.2. The Bertz CT molecular complexity index is 1560. The van der Waals surface area contributed by atoms with E-state index in [0.717, 1.165) is 16.6 Å². The van der Waals surface area contributed by atoms with Gasteiger partial charge in [0.25, 0.3) is 5.91 Å². The van der Waals surface area contributed by atoms with E-state index in [1.165, 1.54) is 0 Å². The Morgan fingerprint density at radius 1 is 0.950 bits per heavy atom. The first-order valence-electron chi connectivity index (χ1n) is 13.5. The summed E-state index contributed by atoms with van der Waals surface area (Å²) in [4.78, 5) is 29.9. The van der Waals surface area contributed by atoms with Crippen LogP contribution in [0.2, 0.25) is 10.0 Å². The summed E-state index contributed by atoms with van der Waals surface area (Å²) in [6.45, 7) is 0.971. The fourth-order valence-corrected chi connectivity index (χ4v) is 6.97. The van der Waals surface area contributed by atoms with Gasteiger partial charge >= 0.3 is 6.09 Å². The molecule has 2 saturated heterocycles. The minimum atomic E-state index is -0.915. The molecule has 0 saturated carbocycles. The van der Waals surface area contributed by atoms with Crippen LogP contribution in [0.25, 0.3) is 11.0 Å². The number of aromatic amines is 1. The van der Waals surface area contributed by atoms with Gasteiger partial charge in [0.15, 0.2) is 0 Å². The number of likely N-dealkylation sites (tertiary alicyclic amines) is 2. The van der Waals surface area contributed by atoms with Crippen LogP contribution in [0.15, 0.2) is 66.7 Å². The number of nitrogens with one attached hydrogen (secondary N) is 1. The lowest BCUT2D eigenvalue weighted by Crippen LogP contribution is -2.44. The second-order valence-corrected chi connectivity index (χ2v) is 11.6. The van der Waals surface area contributed by atoms with Crippen LogP contribution in [0, 0.1) is 11.8 Å². The molecule has 206 valence electrons. The van der Waals surface area contributed by atoms with Crippen LogP contribution in [-0.2, 0) is 12.8 Å². The summed E-state index contributed by atoms with van der Waals surface area (Å²) in [6.07, 6.45) is 1.56. The van der Waals surface area contributed by atoms with Crippen molar-refractivity contribution in [2.45, 2.75) is 37.8 Å². The summed E-state index contributed by atoms with van der Waals surface area (Å²) in [6, 6.07) is 20.3. The molecule has 0 radical (unpaired) electrons. The number of aromatic nitrogens is 3. The van der Waals surface area contributed by atoms with Crippen LogP contribution in [-0.4, -0.2) is 67.5 Å². The summed E-state index contributed by atoms with van der Waals surface area (Å²) < 4.78 is 0. The highest BCUT2D eigenvalue weighted by Crippen LogP contribution is 2.42. The molecule has 10 heteroatoms. The fraction of sp³-hybridized carbons (Fsp3) is 0.333. The van der Waals surface area contributed by atoms with Crippen LogP contribution < -0.4 is 0 Å². The van der Waals surface area contributed by atoms with E-state index in [-0.39, 0.29) is 29.8 Å². The van der Waals surface area contributed by atoms with Crippen molar-refractivity contribution in [3.05, 3.63) is 93.5 Å². The lowest BCUT2D eigenvalue weighted by molar-refractivity contribution is 0.0661. The SMILES string of the molecule is O=C(c1ccc2[nH]nnc2c1)N1CC[C@@H]2CN(C(=O)O)C(Cc3ccccc3Cl)[C@@H]2CC1Cc1ccccc1Cl. The van der Waals surface area contributed by atoms with E-state index >= 15 is 0 Å². The number of carboxylic acid groups (broad SMARTS) is 1. The van der Waals surface area contributed by atoms with Crippen molar-refractivity contribution in [1.29, 1.82) is 0 Å². The summed E-state index contributed by atoms with van der Waals surface area (Å²) in [7, 11) is 0. The average Bonchev–Trinajstić information content (AvgIpc) is 3.50. The lowest BCUT2D eigenvalue weighted by atomic mass is 9.81. The molecule has 2 unspecified atom stereocenters. The topological polar surface area (TPSA) is 102 Å². The molecule has 0 aliphatic carbocycles. The fourth-order valence-electron chi connectivity index (χ4n) is 6.54. The molecular weight excluding hydrogens is 549 g/mol. The second kappa shape index (κ2) is 11.1. The standard InChI is InChI=1S/C30H29Cl2N5O3/c31-24-7-3-1-5-18(24)13-22-16-23-21(17-37(30(39)40)28(23)15-19-6-2-4-8-25(19)32)11-12-36(22)29(38)20-9-10-26-27(14-20)34-35-33-26/h1-10,14,21-23,28H,11-13,15-17H2,(H,39,40)(H,33,34,35)/t21-,22?,23-,28?/m1/s1. The van der Waals surface area contributed by atoms with E-state index in [9.17, 15) is 14.7 Å². The van der Waals surface area contributed by atoms with Gasteiger partial charge < -0.3 is 14.9 Å². The number of rotatable bonds is 5. The molecule has 2 fully saturated rings.